The molecule has 0 bridgehead atoms. The second-order valence-corrected chi connectivity index (χ2v) is 6.89. The molecule has 0 fully saturated rings. The van der Waals surface area contributed by atoms with E-state index in [0.29, 0.717) is 5.52 Å². The monoisotopic (exact) mass is 443 g/mol. The normalized spacial score (nSPS) is 8.40. The molecule has 0 saturated heterocycles. The Bertz CT molecular complexity index is 823. The van der Waals surface area contributed by atoms with Crippen LogP contribution < -0.4 is 5.11 Å². The summed E-state index contributed by atoms with van der Waals surface area (Å²) in [6.07, 6.45) is 0. The molecule has 2 rings (SSSR count). The number of benzene rings is 1. The first-order chi connectivity index (χ1) is 9.62. The van der Waals surface area contributed by atoms with Crippen molar-refractivity contribution in [1.29, 1.82) is 0 Å². The number of rotatable bonds is 1. The third-order valence-electron chi connectivity index (χ3n) is 2.04. The molecule has 7 heteroatoms. The van der Waals surface area contributed by atoms with Crippen LogP contribution in [0.2, 0.25) is 0 Å². The number of carbonyl (C=O) groups is 1. The van der Waals surface area contributed by atoms with Crippen LogP contribution in [0.3, 0.4) is 0 Å². The average Bonchev–Trinajstić information content (AvgIpc) is 2.49. The molecule has 0 amide bonds. The summed E-state index contributed by atoms with van der Waals surface area (Å²) >= 11 is -2.97. The van der Waals surface area contributed by atoms with Gasteiger partial charge in [-0.1, -0.05) is 24.3 Å². The maximum absolute atomic E-state index is 10.5. The van der Waals surface area contributed by atoms with Gasteiger partial charge in [-0.05, 0) is 12.1 Å². The number of carbonyl (C=O) groups excluding carboxylic acids is 4. The molecule has 20 heavy (non-hydrogen) atoms. The van der Waals surface area contributed by atoms with Crippen LogP contribution in [0.1, 0.15) is 10.5 Å². The van der Waals surface area contributed by atoms with Crippen molar-refractivity contribution < 1.29 is 39.7 Å². The van der Waals surface area contributed by atoms with Crippen LogP contribution in [-0.2, 0) is 29.8 Å². The van der Waals surface area contributed by atoms with Gasteiger partial charge in [-0.2, -0.15) is 0 Å². The standard InChI is InChI=1S/C10H7NO2.3CO.Re/c12-10(13)9-6-5-7-3-1-2-4-8(7)11-9;3*1-2;/h1-6H,(H,12,13);;;;/q;;;;+1/p-1. The van der Waals surface area contributed by atoms with Gasteiger partial charge in [0.05, 0.1) is 17.2 Å². The molecule has 100 valence electrons. The molecule has 0 N–H and O–H groups in total. The zero-order chi connectivity index (χ0) is 15.0. The van der Waals surface area contributed by atoms with Crippen molar-refractivity contribution in [2.75, 3.05) is 0 Å². The Balaban J connectivity index is 0.000000246. The Morgan fingerprint density at radius 3 is 2.10 bits per heavy atom. The van der Waals surface area contributed by atoms with Gasteiger partial charge in [0.1, 0.15) is 0 Å². The van der Waals surface area contributed by atoms with Gasteiger partial charge in [-0.3, -0.25) is 0 Å². The molecule has 1 heterocycles. The van der Waals surface area contributed by atoms with Gasteiger partial charge in [0, 0.05) is 5.39 Å². The molecule has 0 aliphatic heterocycles. The van der Waals surface area contributed by atoms with Crippen molar-refractivity contribution in [3.8, 4) is 0 Å². The van der Waals surface area contributed by atoms with Crippen LogP contribution >= 0.6 is 0 Å². The van der Waals surface area contributed by atoms with Crippen molar-refractivity contribution in [2.45, 2.75) is 0 Å². The number of hydrogen-bond acceptors (Lipinski definition) is 6. The second kappa shape index (κ2) is 7.83. The van der Waals surface area contributed by atoms with Gasteiger partial charge in [-0.15, -0.1) is 0 Å². The molecule has 0 aliphatic carbocycles. The predicted molar refractivity (Wildman–Crippen MR) is 63.2 cm³/mol. The van der Waals surface area contributed by atoms with E-state index in [9.17, 15) is 24.3 Å². The Kier molecular flexibility index (Phi) is 6.09. The number of para-hydroxylation sites is 1. The first kappa shape index (κ1) is 15.6. The number of nitrogens with zero attached hydrogens (tertiary/aromatic N) is 1. The van der Waals surface area contributed by atoms with E-state index in [4.69, 9.17) is 0 Å². The van der Waals surface area contributed by atoms with Gasteiger partial charge >= 0.3 is 42.8 Å². The van der Waals surface area contributed by atoms with Gasteiger partial charge in [0.25, 0.3) is 0 Å². The maximum atomic E-state index is 10.5. The molecule has 0 unspecified atom stereocenters. The van der Waals surface area contributed by atoms with Gasteiger partial charge in [-0.25, -0.2) is 4.98 Å². The summed E-state index contributed by atoms with van der Waals surface area (Å²) in [6.45, 7) is 0. The Labute approximate surface area is 117 Å². The molecular formula is C13H6NO5Re. The summed E-state index contributed by atoms with van der Waals surface area (Å²) in [4.78, 5) is 42.6. The number of pyridine rings is 1. The predicted octanol–water partition coefficient (Wildman–Crippen LogP) is -0.596. The molecule has 6 nitrogen and oxygen atoms in total. The number of carboxylic acids is 1. The first-order valence-electron chi connectivity index (χ1n) is 5.02. The summed E-state index contributed by atoms with van der Waals surface area (Å²) in [7, 11) is 0. The second-order valence-electron chi connectivity index (χ2n) is 3.19. The van der Waals surface area contributed by atoms with E-state index in [1.54, 1.807) is 12.1 Å². The first-order valence-corrected chi connectivity index (χ1v) is 9.10. The van der Waals surface area contributed by atoms with E-state index in [1.165, 1.54) is 19.1 Å². The molecule has 0 spiro atoms. The van der Waals surface area contributed by atoms with Crippen molar-refractivity contribution in [2.24, 2.45) is 0 Å². The fourth-order valence-corrected chi connectivity index (χ4v) is 1.57. The molecule has 2 aromatic rings. The summed E-state index contributed by atoms with van der Waals surface area (Å²) in [6, 6.07) is 10.5. The summed E-state index contributed by atoms with van der Waals surface area (Å²) in [5.74, 6) is -1.24. The fraction of sp³-hybridized carbons (Fsp3) is 0. The molecule has 1 aromatic heterocycles. The molecule has 1 aromatic carbocycles. The number of carboxylic acid groups (broad SMARTS) is 1. The van der Waals surface area contributed by atoms with E-state index in [2.05, 4.69) is 4.98 Å². The van der Waals surface area contributed by atoms with Crippen LogP contribution in [-0.4, -0.2) is 24.0 Å². The fourth-order valence-electron chi connectivity index (χ4n) is 1.23. The summed E-state index contributed by atoms with van der Waals surface area (Å²) < 4.78 is 3.87. The third kappa shape index (κ3) is 4.31. The molecular weight excluding hydrogens is 436 g/mol. The van der Waals surface area contributed by atoms with Gasteiger partial charge < -0.3 is 9.90 Å². The summed E-state index contributed by atoms with van der Waals surface area (Å²) in [5.41, 5.74) is 0.642. The third-order valence-corrected chi connectivity index (χ3v) is 3.70. The number of aromatic nitrogens is 1. The minimum atomic E-state index is -2.97. The topological polar surface area (TPSA) is 104 Å². The molecule has 0 atom stereocenters. The molecule has 0 radical (unpaired) electrons. The van der Waals surface area contributed by atoms with Gasteiger partial charge in [0.15, 0.2) is 0 Å². The van der Waals surface area contributed by atoms with E-state index < -0.39 is 21.4 Å². The molecule has 0 saturated carbocycles. The Hall–Kier alpha value is -2.50. The van der Waals surface area contributed by atoms with Crippen LogP contribution in [0.4, 0.5) is 0 Å². The van der Waals surface area contributed by atoms with E-state index >= 15 is 0 Å². The summed E-state index contributed by atoms with van der Waals surface area (Å²) in [5, 5.41) is 11.4. The number of hydrogen-bond donors (Lipinski definition) is 0. The Morgan fingerprint density at radius 1 is 1.00 bits per heavy atom. The van der Waals surface area contributed by atoms with Crippen molar-refractivity contribution in [3.63, 3.8) is 0 Å². The van der Waals surface area contributed by atoms with Crippen LogP contribution in [0.15, 0.2) is 36.4 Å². The van der Waals surface area contributed by atoms with E-state index in [1.807, 2.05) is 18.2 Å². The van der Waals surface area contributed by atoms with Gasteiger partial charge in [0.2, 0.25) is 0 Å². The van der Waals surface area contributed by atoms with E-state index in [-0.39, 0.29) is 5.69 Å². The van der Waals surface area contributed by atoms with E-state index in [0.717, 1.165) is 5.39 Å². The average molecular weight is 442 g/mol. The minimum absolute atomic E-state index is 0.0290. The molecule has 0 aliphatic rings. The Morgan fingerprint density at radius 2 is 1.60 bits per heavy atom. The van der Waals surface area contributed by atoms with Crippen LogP contribution in [0, 0.1) is 0 Å². The van der Waals surface area contributed by atoms with Crippen LogP contribution in [0.25, 0.3) is 10.9 Å². The zero-order valence-corrected chi connectivity index (χ0v) is 12.5. The van der Waals surface area contributed by atoms with Crippen LogP contribution in [0.5, 0.6) is 0 Å². The number of fused-ring (bicyclic) bond motifs is 1. The van der Waals surface area contributed by atoms with Crippen molar-refractivity contribution in [3.05, 3.63) is 42.1 Å². The quantitative estimate of drug-likeness (QED) is 0.585. The van der Waals surface area contributed by atoms with Crippen molar-refractivity contribution >= 4 is 29.9 Å². The SMILES string of the molecule is O=C([O-])c1ccc2ccccc2n1.O=[C]=[Re+](=[C]=O)=[C]=O. The zero-order valence-electron chi connectivity index (χ0n) is 9.83. The van der Waals surface area contributed by atoms with Crippen molar-refractivity contribution in [1.82, 2.24) is 4.98 Å². The number of aromatic carboxylic acids is 1.